The number of hydrogen-bond acceptors (Lipinski definition) is 4. The maximum atomic E-state index is 12.8. The Bertz CT molecular complexity index is 415. The lowest BCUT2D eigenvalue weighted by atomic mass is 10.0. The normalized spacial score (nSPS) is 18.7. The summed E-state index contributed by atoms with van der Waals surface area (Å²) in [5.74, 6) is -0.520. The van der Waals surface area contributed by atoms with Crippen molar-refractivity contribution in [1.29, 1.82) is 0 Å². The topological polar surface area (TPSA) is 75.3 Å². The summed E-state index contributed by atoms with van der Waals surface area (Å²) in [4.78, 5) is 12.3. The zero-order chi connectivity index (χ0) is 15.9. The second kappa shape index (κ2) is 8.73. The average molecular weight is 318 g/mol. The van der Waals surface area contributed by atoms with E-state index in [1.807, 2.05) is 20.9 Å². The van der Waals surface area contributed by atoms with Crippen molar-refractivity contribution in [2.24, 2.45) is 5.92 Å². The van der Waals surface area contributed by atoms with Gasteiger partial charge in [-0.15, -0.1) is 0 Å². The van der Waals surface area contributed by atoms with Crippen LogP contribution in [0.1, 0.15) is 52.4 Å². The molecular formula is C15H30N2O3S. The number of carbonyl (C=O) groups excluding carboxylic acids is 1. The van der Waals surface area contributed by atoms with Crippen molar-refractivity contribution in [3.8, 4) is 0 Å². The molecule has 1 atom stereocenters. The number of hydrogen-bond donors (Lipinski definition) is 2. The van der Waals surface area contributed by atoms with Crippen molar-refractivity contribution in [3.05, 3.63) is 0 Å². The van der Waals surface area contributed by atoms with Crippen molar-refractivity contribution in [1.82, 2.24) is 10.6 Å². The van der Waals surface area contributed by atoms with E-state index in [0.29, 0.717) is 19.4 Å². The van der Waals surface area contributed by atoms with Crippen LogP contribution in [0, 0.1) is 5.92 Å². The first-order valence-electron chi connectivity index (χ1n) is 8.06. The molecule has 0 radical (unpaired) electrons. The predicted molar refractivity (Wildman–Crippen MR) is 86.0 cm³/mol. The van der Waals surface area contributed by atoms with Gasteiger partial charge in [0.05, 0.1) is 5.25 Å². The van der Waals surface area contributed by atoms with Crippen LogP contribution in [-0.4, -0.2) is 45.0 Å². The molecule has 124 valence electrons. The summed E-state index contributed by atoms with van der Waals surface area (Å²) in [6.07, 6.45) is 5.24. The van der Waals surface area contributed by atoms with Crippen LogP contribution >= 0.6 is 0 Å². The van der Waals surface area contributed by atoms with E-state index in [1.54, 1.807) is 0 Å². The van der Waals surface area contributed by atoms with Crippen LogP contribution in [0.3, 0.4) is 0 Å². The Kier molecular flexibility index (Phi) is 7.66. The molecule has 0 aliphatic heterocycles. The monoisotopic (exact) mass is 318 g/mol. The Morgan fingerprint density at radius 2 is 1.76 bits per heavy atom. The zero-order valence-electron chi connectivity index (χ0n) is 13.5. The summed E-state index contributed by atoms with van der Waals surface area (Å²) < 4.78 is 25.6. The molecule has 1 aliphatic carbocycles. The van der Waals surface area contributed by atoms with Gasteiger partial charge in [-0.3, -0.25) is 4.79 Å². The molecule has 6 heteroatoms. The first-order valence-corrected chi connectivity index (χ1v) is 9.67. The smallest absolute Gasteiger partial charge is 0.238 e. The molecule has 21 heavy (non-hydrogen) atoms. The van der Waals surface area contributed by atoms with Crippen molar-refractivity contribution < 1.29 is 13.2 Å². The van der Waals surface area contributed by atoms with Gasteiger partial charge in [0.25, 0.3) is 0 Å². The van der Waals surface area contributed by atoms with Gasteiger partial charge in [-0.25, -0.2) is 8.42 Å². The highest BCUT2D eigenvalue weighted by Gasteiger charge is 2.40. The van der Waals surface area contributed by atoms with Crippen LogP contribution in [0.2, 0.25) is 0 Å². The van der Waals surface area contributed by atoms with E-state index in [2.05, 4.69) is 10.6 Å². The average Bonchev–Trinajstić information content (AvgIpc) is 2.44. The van der Waals surface area contributed by atoms with Gasteiger partial charge in [0.15, 0.2) is 9.84 Å². The van der Waals surface area contributed by atoms with Gasteiger partial charge in [-0.2, -0.15) is 0 Å². The Hall–Kier alpha value is -0.620. The second-order valence-electron chi connectivity index (χ2n) is 6.26. The fraction of sp³-hybridized carbons (Fsp3) is 0.933. The van der Waals surface area contributed by atoms with Crippen LogP contribution in [0.4, 0.5) is 0 Å². The minimum atomic E-state index is -3.39. The lowest BCUT2D eigenvalue weighted by molar-refractivity contribution is -0.121. The summed E-state index contributed by atoms with van der Waals surface area (Å²) in [5, 5.41) is 4.55. The van der Waals surface area contributed by atoms with Gasteiger partial charge in [0.1, 0.15) is 5.25 Å². The number of nitrogens with one attached hydrogen (secondary N) is 2. The van der Waals surface area contributed by atoms with Gasteiger partial charge in [-0.1, -0.05) is 33.1 Å². The fourth-order valence-corrected chi connectivity index (χ4v) is 5.56. The quantitative estimate of drug-likeness (QED) is 0.665. The Morgan fingerprint density at radius 3 is 2.29 bits per heavy atom. The molecule has 0 aromatic rings. The van der Waals surface area contributed by atoms with Gasteiger partial charge in [0.2, 0.25) is 5.91 Å². The third kappa shape index (κ3) is 5.25. The molecule has 1 fully saturated rings. The molecule has 1 rings (SSSR count). The summed E-state index contributed by atoms with van der Waals surface area (Å²) in [6.45, 7) is 4.96. The number of carbonyl (C=O) groups is 1. The Balaban J connectivity index is 2.72. The maximum Gasteiger partial charge on any atom is 0.238 e. The van der Waals surface area contributed by atoms with Crippen molar-refractivity contribution >= 4 is 15.7 Å². The molecular weight excluding hydrogens is 288 g/mol. The SMILES string of the molecule is CNCCCNC(=O)C(C(C)C)S(=O)(=O)C1CCCCC1. The third-order valence-corrected chi connectivity index (χ3v) is 7.00. The van der Waals surface area contributed by atoms with E-state index in [0.717, 1.165) is 32.2 Å². The molecule has 1 aliphatic rings. The van der Waals surface area contributed by atoms with Gasteiger partial charge in [-0.05, 0) is 38.8 Å². The molecule has 0 saturated heterocycles. The van der Waals surface area contributed by atoms with Gasteiger partial charge >= 0.3 is 0 Å². The molecule has 5 nitrogen and oxygen atoms in total. The highest BCUT2D eigenvalue weighted by Crippen LogP contribution is 2.28. The molecule has 2 N–H and O–H groups in total. The van der Waals surface area contributed by atoms with E-state index in [9.17, 15) is 13.2 Å². The molecule has 0 bridgehead atoms. The summed E-state index contributed by atoms with van der Waals surface area (Å²) in [6, 6.07) is 0. The standard InChI is InChI=1S/C15H30N2O3S/c1-12(2)14(15(18)17-11-7-10-16-3)21(19,20)13-8-5-4-6-9-13/h12-14,16H,4-11H2,1-3H3,(H,17,18). The highest BCUT2D eigenvalue weighted by molar-refractivity contribution is 7.93. The minimum Gasteiger partial charge on any atom is -0.355 e. The molecule has 0 aromatic heterocycles. The van der Waals surface area contributed by atoms with Crippen LogP contribution in [0.15, 0.2) is 0 Å². The van der Waals surface area contributed by atoms with Gasteiger partial charge < -0.3 is 10.6 Å². The van der Waals surface area contributed by atoms with E-state index in [-0.39, 0.29) is 17.1 Å². The largest absolute Gasteiger partial charge is 0.355 e. The van der Waals surface area contributed by atoms with E-state index in [4.69, 9.17) is 0 Å². The number of sulfone groups is 1. The van der Waals surface area contributed by atoms with Crippen LogP contribution in [0.5, 0.6) is 0 Å². The third-order valence-electron chi connectivity index (χ3n) is 4.14. The maximum absolute atomic E-state index is 12.8. The van der Waals surface area contributed by atoms with Crippen LogP contribution in [0.25, 0.3) is 0 Å². The van der Waals surface area contributed by atoms with Crippen LogP contribution < -0.4 is 10.6 Å². The number of amides is 1. The Morgan fingerprint density at radius 1 is 1.14 bits per heavy atom. The predicted octanol–water partition coefficient (Wildman–Crippen LogP) is 1.48. The van der Waals surface area contributed by atoms with E-state index < -0.39 is 15.1 Å². The summed E-state index contributed by atoms with van der Waals surface area (Å²) >= 11 is 0. The van der Waals surface area contributed by atoms with E-state index >= 15 is 0 Å². The summed E-state index contributed by atoms with van der Waals surface area (Å²) in [7, 11) is -1.54. The first kappa shape index (κ1) is 18.4. The van der Waals surface area contributed by atoms with Crippen LogP contribution in [-0.2, 0) is 14.6 Å². The van der Waals surface area contributed by atoms with E-state index in [1.165, 1.54) is 0 Å². The Labute approximate surface area is 129 Å². The molecule has 0 aromatic carbocycles. The second-order valence-corrected chi connectivity index (χ2v) is 8.61. The zero-order valence-corrected chi connectivity index (χ0v) is 14.3. The van der Waals surface area contributed by atoms with Gasteiger partial charge in [0, 0.05) is 6.54 Å². The lowest BCUT2D eigenvalue weighted by Gasteiger charge is -2.28. The molecule has 1 saturated carbocycles. The highest BCUT2D eigenvalue weighted by atomic mass is 32.2. The van der Waals surface area contributed by atoms with Crippen molar-refractivity contribution in [2.75, 3.05) is 20.1 Å². The molecule has 1 amide bonds. The lowest BCUT2D eigenvalue weighted by Crippen LogP contribution is -2.47. The molecule has 0 heterocycles. The van der Waals surface area contributed by atoms with Crippen molar-refractivity contribution in [3.63, 3.8) is 0 Å². The summed E-state index contributed by atoms with van der Waals surface area (Å²) in [5.41, 5.74) is 0. The van der Waals surface area contributed by atoms with Crippen molar-refractivity contribution in [2.45, 2.75) is 62.9 Å². The molecule has 1 unspecified atom stereocenters. The molecule has 0 spiro atoms. The minimum absolute atomic E-state index is 0.193. The first-order chi connectivity index (χ1) is 9.91. The number of rotatable bonds is 8. The fourth-order valence-electron chi connectivity index (χ4n) is 3.01.